The van der Waals surface area contributed by atoms with Crippen LogP contribution in [0.1, 0.15) is 0 Å². The summed E-state index contributed by atoms with van der Waals surface area (Å²) in [6.07, 6.45) is 1.08. The molecule has 0 bridgehead atoms. The topological polar surface area (TPSA) is 29.5 Å². The van der Waals surface area contributed by atoms with E-state index in [9.17, 15) is 0 Å². The highest BCUT2D eigenvalue weighted by Gasteiger charge is 1.98. The fourth-order valence-electron chi connectivity index (χ4n) is 0.332. The Morgan fingerprint density at radius 2 is 2.44 bits per heavy atom. The van der Waals surface area contributed by atoms with Crippen LogP contribution in [-0.2, 0) is 4.74 Å². The Bertz CT molecular complexity index is 75.5. The van der Waals surface area contributed by atoms with Crippen molar-refractivity contribution in [3.63, 3.8) is 0 Å². The van der Waals surface area contributed by atoms with Gasteiger partial charge >= 0.3 is 0 Å². The quantitative estimate of drug-likeness (QED) is 0.357. The monoisotopic (exact) mass is 150 g/mol. The summed E-state index contributed by atoms with van der Waals surface area (Å²) in [5.74, 6) is 0.219. The van der Waals surface area contributed by atoms with Crippen molar-refractivity contribution in [1.82, 2.24) is 0 Å². The molecule has 54 valence electrons. The van der Waals surface area contributed by atoms with Gasteiger partial charge in [0.25, 0.3) is 0 Å². The Kier molecular flexibility index (Phi) is 6.04. The van der Waals surface area contributed by atoms with Crippen LogP contribution in [0.3, 0.4) is 0 Å². The lowest BCUT2D eigenvalue weighted by atomic mass is 10.4. The number of rotatable bonds is 5. The van der Waals surface area contributed by atoms with Crippen molar-refractivity contribution in [2.45, 2.75) is 6.10 Å². The summed E-state index contributed by atoms with van der Waals surface area (Å²) >= 11 is 5.28. The molecule has 3 heteroatoms. The summed E-state index contributed by atoms with van der Waals surface area (Å²) in [4.78, 5) is 0. The maximum Gasteiger partial charge on any atom is 0.0908 e. The van der Waals surface area contributed by atoms with Crippen LogP contribution in [0.4, 0.5) is 0 Å². The van der Waals surface area contributed by atoms with Crippen LogP contribution in [0, 0.1) is 0 Å². The maximum atomic E-state index is 8.79. The van der Waals surface area contributed by atoms with Crippen LogP contribution < -0.4 is 0 Å². The second-order valence-electron chi connectivity index (χ2n) is 1.63. The molecule has 0 aliphatic heterocycles. The highest BCUT2D eigenvalue weighted by atomic mass is 35.5. The van der Waals surface area contributed by atoms with Crippen LogP contribution in [-0.4, -0.2) is 30.3 Å². The van der Waals surface area contributed by atoms with E-state index in [1.165, 1.54) is 0 Å². The number of halogens is 1. The molecule has 1 atom stereocenters. The molecule has 0 rings (SSSR count). The normalized spacial score (nSPS) is 13.1. The number of hydrogen-bond acceptors (Lipinski definition) is 2. The number of alkyl halides is 1. The molecule has 0 aliphatic carbocycles. The van der Waals surface area contributed by atoms with Gasteiger partial charge in [0.1, 0.15) is 0 Å². The number of aliphatic hydroxyl groups excluding tert-OH is 1. The number of aliphatic hydroxyl groups is 1. The summed E-state index contributed by atoms with van der Waals surface area (Å²) in [6.45, 7) is 4.20. The molecule has 0 saturated heterocycles. The molecule has 0 radical (unpaired) electrons. The Morgan fingerprint density at radius 1 is 1.78 bits per heavy atom. The number of ether oxygens (including phenoxy) is 1. The van der Waals surface area contributed by atoms with Gasteiger partial charge in [-0.1, -0.05) is 6.08 Å². The Morgan fingerprint density at radius 3 is 2.89 bits per heavy atom. The van der Waals surface area contributed by atoms with Crippen molar-refractivity contribution in [2.75, 3.05) is 19.1 Å². The van der Waals surface area contributed by atoms with Crippen molar-refractivity contribution < 1.29 is 9.84 Å². The van der Waals surface area contributed by atoms with Gasteiger partial charge in [0.15, 0.2) is 0 Å². The lowest BCUT2D eigenvalue weighted by Gasteiger charge is -2.04. The first kappa shape index (κ1) is 8.95. The predicted molar refractivity (Wildman–Crippen MR) is 37.7 cm³/mol. The molecule has 1 unspecified atom stereocenters. The third-order valence-corrected chi connectivity index (χ3v) is 1.08. The highest BCUT2D eigenvalue weighted by Crippen LogP contribution is 1.88. The van der Waals surface area contributed by atoms with Gasteiger partial charge in [-0.15, -0.1) is 18.2 Å². The third kappa shape index (κ3) is 5.83. The maximum absolute atomic E-state index is 8.79. The van der Waals surface area contributed by atoms with E-state index in [2.05, 4.69) is 6.58 Å². The van der Waals surface area contributed by atoms with Crippen molar-refractivity contribution >= 4 is 11.6 Å². The van der Waals surface area contributed by atoms with E-state index < -0.39 is 6.10 Å². The van der Waals surface area contributed by atoms with Gasteiger partial charge in [-0.2, -0.15) is 0 Å². The molecule has 0 spiro atoms. The minimum Gasteiger partial charge on any atom is -0.389 e. The molecule has 0 aromatic rings. The summed E-state index contributed by atoms with van der Waals surface area (Å²) in [5, 5.41) is 8.79. The molecule has 0 saturated carbocycles. The minimum absolute atomic E-state index is 0.219. The Balaban J connectivity index is 2.96. The largest absolute Gasteiger partial charge is 0.389 e. The molecule has 9 heavy (non-hydrogen) atoms. The van der Waals surface area contributed by atoms with E-state index >= 15 is 0 Å². The van der Waals surface area contributed by atoms with E-state index in [0.29, 0.717) is 6.61 Å². The van der Waals surface area contributed by atoms with Crippen LogP contribution in [0.25, 0.3) is 0 Å². The van der Waals surface area contributed by atoms with Crippen LogP contribution in [0.2, 0.25) is 0 Å². The van der Waals surface area contributed by atoms with Gasteiger partial charge in [-0.25, -0.2) is 0 Å². The summed E-state index contributed by atoms with van der Waals surface area (Å²) in [7, 11) is 0. The molecular formula is C6H11ClO2. The SMILES string of the molecule is C=CCOCC(O)CCl. The molecule has 0 fully saturated rings. The Labute approximate surface area is 60.1 Å². The molecule has 0 heterocycles. The van der Waals surface area contributed by atoms with Crippen LogP contribution in [0.5, 0.6) is 0 Å². The van der Waals surface area contributed by atoms with Gasteiger partial charge < -0.3 is 9.84 Å². The average molecular weight is 151 g/mol. The molecule has 2 nitrogen and oxygen atoms in total. The van der Waals surface area contributed by atoms with Crippen molar-refractivity contribution in [3.05, 3.63) is 12.7 Å². The van der Waals surface area contributed by atoms with Crippen LogP contribution in [0.15, 0.2) is 12.7 Å². The van der Waals surface area contributed by atoms with E-state index in [4.69, 9.17) is 21.4 Å². The van der Waals surface area contributed by atoms with Gasteiger partial charge in [0, 0.05) is 0 Å². The Hall–Kier alpha value is -0.0500. The van der Waals surface area contributed by atoms with Crippen molar-refractivity contribution in [2.24, 2.45) is 0 Å². The third-order valence-electron chi connectivity index (χ3n) is 0.724. The van der Waals surface area contributed by atoms with Gasteiger partial charge in [-0.05, 0) is 0 Å². The zero-order chi connectivity index (χ0) is 7.11. The van der Waals surface area contributed by atoms with E-state index in [1.807, 2.05) is 0 Å². The summed E-state index contributed by atoms with van der Waals surface area (Å²) in [6, 6.07) is 0. The van der Waals surface area contributed by atoms with Gasteiger partial charge in [0.2, 0.25) is 0 Å². The molecule has 0 amide bonds. The standard InChI is InChI=1S/C6H11ClO2/c1-2-3-9-5-6(8)4-7/h2,6,8H,1,3-5H2. The van der Waals surface area contributed by atoms with Crippen molar-refractivity contribution in [3.8, 4) is 0 Å². The summed E-state index contributed by atoms with van der Waals surface area (Å²) in [5.41, 5.74) is 0. The van der Waals surface area contributed by atoms with E-state index in [1.54, 1.807) is 6.08 Å². The lowest BCUT2D eigenvalue weighted by molar-refractivity contribution is 0.0618. The first-order valence-corrected chi connectivity index (χ1v) is 3.27. The highest BCUT2D eigenvalue weighted by molar-refractivity contribution is 6.18. The first-order chi connectivity index (χ1) is 4.31. The smallest absolute Gasteiger partial charge is 0.0908 e. The van der Waals surface area contributed by atoms with Gasteiger partial charge in [0.05, 0.1) is 25.2 Å². The van der Waals surface area contributed by atoms with Crippen LogP contribution >= 0.6 is 11.6 Å². The van der Waals surface area contributed by atoms with E-state index in [0.717, 1.165) is 0 Å². The first-order valence-electron chi connectivity index (χ1n) is 2.74. The van der Waals surface area contributed by atoms with Crippen molar-refractivity contribution in [1.29, 1.82) is 0 Å². The molecule has 1 N–H and O–H groups in total. The molecule has 0 aliphatic rings. The second kappa shape index (κ2) is 6.08. The average Bonchev–Trinajstić information content (AvgIpc) is 1.89. The van der Waals surface area contributed by atoms with Gasteiger partial charge in [-0.3, -0.25) is 0 Å². The molecule has 0 aromatic heterocycles. The predicted octanol–water partition coefficient (Wildman–Crippen LogP) is 0.789. The molecule has 0 aromatic carbocycles. The lowest BCUT2D eigenvalue weighted by Crippen LogP contribution is -2.16. The zero-order valence-electron chi connectivity index (χ0n) is 5.22. The fraction of sp³-hybridized carbons (Fsp3) is 0.667. The minimum atomic E-state index is -0.549. The zero-order valence-corrected chi connectivity index (χ0v) is 5.97. The second-order valence-corrected chi connectivity index (χ2v) is 1.94. The van der Waals surface area contributed by atoms with E-state index in [-0.39, 0.29) is 12.5 Å². The number of hydrogen-bond donors (Lipinski definition) is 1. The summed E-state index contributed by atoms with van der Waals surface area (Å²) < 4.78 is 4.88. The fourth-order valence-corrected chi connectivity index (χ4v) is 0.421. The molecular weight excluding hydrogens is 140 g/mol.